The Kier molecular flexibility index (Phi) is 3.74. The summed E-state index contributed by atoms with van der Waals surface area (Å²) in [5, 5.41) is 0. The lowest BCUT2D eigenvalue weighted by molar-refractivity contribution is -0.122. The number of carbonyl (C=O) groups is 1. The van der Waals surface area contributed by atoms with E-state index >= 15 is 0 Å². The molecule has 0 radical (unpaired) electrons. The molecule has 1 fully saturated rings. The Morgan fingerprint density at radius 3 is 2.62 bits per heavy atom. The zero-order valence-electron chi connectivity index (χ0n) is 15.1. The van der Waals surface area contributed by atoms with E-state index in [4.69, 9.17) is 0 Å². The Labute approximate surface area is 155 Å². The highest BCUT2D eigenvalue weighted by Crippen LogP contribution is 2.52. The van der Waals surface area contributed by atoms with Crippen LogP contribution in [0.5, 0.6) is 0 Å². The Morgan fingerprint density at radius 2 is 1.73 bits per heavy atom. The van der Waals surface area contributed by atoms with Gasteiger partial charge in [-0.1, -0.05) is 73.5 Å². The van der Waals surface area contributed by atoms with E-state index in [1.807, 2.05) is 23.1 Å². The fourth-order valence-electron chi connectivity index (χ4n) is 5.35. The van der Waals surface area contributed by atoms with Gasteiger partial charge in [0, 0.05) is 5.69 Å². The molecule has 3 aliphatic rings. The van der Waals surface area contributed by atoms with Gasteiger partial charge in [0.2, 0.25) is 5.91 Å². The molecule has 0 unspecified atom stereocenters. The van der Waals surface area contributed by atoms with Crippen molar-refractivity contribution in [3.05, 3.63) is 77.9 Å². The molecule has 0 saturated heterocycles. The van der Waals surface area contributed by atoms with E-state index in [2.05, 4.69) is 48.6 Å². The maximum atomic E-state index is 13.7. The molecule has 1 heterocycles. The van der Waals surface area contributed by atoms with Gasteiger partial charge in [-0.05, 0) is 48.3 Å². The molecule has 1 aliphatic heterocycles. The summed E-state index contributed by atoms with van der Waals surface area (Å²) in [6.45, 7) is 0.653. The summed E-state index contributed by atoms with van der Waals surface area (Å²) < 4.78 is 0. The van der Waals surface area contributed by atoms with Gasteiger partial charge in [-0.2, -0.15) is 0 Å². The summed E-state index contributed by atoms with van der Waals surface area (Å²) >= 11 is 0. The normalized spacial score (nSPS) is 29.7. The monoisotopic (exact) mass is 343 g/mol. The lowest BCUT2D eigenvalue weighted by atomic mass is 9.63. The molecule has 2 heteroatoms. The molecule has 2 aromatic rings. The topological polar surface area (TPSA) is 20.3 Å². The second-order valence-corrected chi connectivity index (χ2v) is 8.14. The first-order valence-electron chi connectivity index (χ1n) is 9.93. The standard InChI is InChI=1S/C24H25NO/c26-23-24(15-14-19-10-4-5-11-20(19)16-24)21-12-6-7-13-22(21)25(23)17-18-8-2-1-3-9-18/h1-3,6-9,12-15,19-20H,4-5,10-11,16-17H2/t19-,20-,24+/m1/s1. The van der Waals surface area contributed by atoms with Crippen LogP contribution in [0.3, 0.4) is 0 Å². The lowest BCUT2D eigenvalue weighted by Crippen LogP contribution is -2.43. The van der Waals surface area contributed by atoms with Gasteiger partial charge in [-0.15, -0.1) is 0 Å². The van der Waals surface area contributed by atoms with Gasteiger partial charge < -0.3 is 4.90 Å². The fraction of sp³-hybridized carbons (Fsp3) is 0.375. The summed E-state index contributed by atoms with van der Waals surface area (Å²) in [5.74, 6) is 1.60. The molecule has 1 amide bonds. The highest BCUT2D eigenvalue weighted by Gasteiger charge is 2.52. The number of fused-ring (bicyclic) bond motifs is 3. The van der Waals surface area contributed by atoms with Gasteiger partial charge in [-0.25, -0.2) is 0 Å². The van der Waals surface area contributed by atoms with Gasteiger partial charge in [-0.3, -0.25) is 4.79 Å². The third kappa shape index (κ3) is 2.35. The van der Waals surface area contributed by atoms with E-state index in [1.54, 1.807) is 0 Å². The van der Waals surface area contributed by atoms with Crippen LogP contribution < -0.4 is 4.90 Å². The number of hydrogen-bond donors (Lipinski definition) is 0. The SMILES string of the molecule is O=C1N(Cc2ccccc2)c2ccccc2[C@@]12C=C[C@H]1CCCC[C@@H]1C2. The maximum absolute atomic E-state index is 13.7. The zero-order valence-corrected chi connectivity index (χ0v) is 15.1. The molecule has 0 N–H and O–H groups in total. The third-order valence-corrected chi connectivity index (χ3v) is 6.67. The number of amides is 1. The fourth-order valence-corrected chi connectivity index (χ4v) is 5.35. The molecule has 0 bridgehead atoms. The van der Waals surface area contributed by atoms with Crippen molar-refractivity contribution in [1.29, 1.82) is 0 Å². The minimum Gasteiger partial charge on any atom is -0.307 e. The average molecular weight is 343 g/mol. The highest BCUT2D eigenvalue weighted by molar-refractivity contribution is 6.09. The smallest absolute Gasteiger partial charge is 0.241 e. The highest BCUT2D eigenvalue weighted by atomic mass is 16.2. The molecule has 132 valence electrons. The Balaban J connectivity index is 1.56. The van der Waals surface area contributed by atoms with Crippen molar-refractivity contribution in [3.8, 4) is 0 Å². The molecule has 1 spiro atoms. The molecule has 5 rings (SSSR count). The number of carbonyl (C=O) groups excluding carboxylic acids is 1. The quantitative estimate of drug-likeness (QED) is 0.683. The van der Waals surface area contributed by atoms with E-state index in [1.165, 1.54) is 36.8 Å². The second kappa shape index (κ2) is 6.12. The Bertz CT molecular complexity index is 856. The molecule has 2 nitrogen and oxygen atoms in total. The van der Waals surface area contributed by atoms with E-state index in [-0.39, 0.29) is 5.91 Å². The minimum atomic E-state index is -0.441. The van der Waals surface area contributed by atoms with Gasteiger partial charge >= 0.3 is 0 Å². The average Bonchev–Trinajstić information content (AvgIpc) is 2.92. The largest absolute Gasteiger partial charge is 0.307 e. The van der Waals surface area contributed by atoms with Crippen molar-refractivity contribution in [3.63, 3.8) is 0 Å². The van der Waals surface area contributed by atoms with Crippen LogP contribution in [0.1, 0.15) is 43.2 Å². The van der Waals surface area contributed by atoms with Crippen molar-refractivity contribution in [2.24, 2.45) is 11.8 Å². The zero-order chi connectivity index (χ0) is 17.6. The number of allylic oxidation sites excluding steroid dienone is 1. The van der Waals surface area contributed by atoms with Crippen molar-refractivity contribution in [1.82, 2.24) is 0 Å². The molecule has 1 saturated carbocycles. The second-order valence-electron chi connectivity index (χ2n) is 8.14. The first-order chi connectivity index (χ1) is 12.8. The van der Waals surface area contributed by atoms with Crippen LogP contribution in [0, 0.1) is 11.8 Å². The van der Waals surface area contributed by atoms with Crippen LogP contribution >= 0.6 is 0 Å². The van der Waals surface area contributed by atoms with Crippen LogP contribution in [0.15, 0.2) is 66.7 Å². The summed E-state index contributed by atoms with van der Waals surface area (Å²) in [6, 6.07) is 18.8. The van der Waals surface area contributed by atoms with Crippen molar-refractivity contribution in [2.75, 3.05) is 4.90 Å². The van der Waals surface area contributed by atoms with Crippen LogP contribution in [-0.4, -0.2) is 5.91 Å². The van der Waals surface area contributed by atoms with Crippen molar-refractivity contribution < 1.29 is 4.79 Å². The van der Waals surface area contributed by atoms with Gasteiger partial charge in [0.25, 0.3) is 0 Å². The molecular weight excluding hydrogens is 318 g/mol. The first kappa shape index (κ1) is 15.9. The summed E-state index contributed by atoms with van der Waals surface area (Å²) in [7, 11) is 0. The maximum Gasteiger partial charge on any atom is 0.241 e. The number of hydrogen-bond acceptors (Lipinski definition) is 1. The summed E-state index contributed by atoms with van der Waals surface area (Å²) in [4.78, 5) is 15.7. The molecule has 3 atom stereocenters. The Hall–Kier alpha value is -2.35. The minimum absolute atomic E-state index is 0.267. The predicted octanol–water partition coefficient (Wildman–Crippen LogP) is 5.24. The van der Waals surface area contributed by atoms with E-state index in [0.29, 0.717) is 18.4 Å². The molecule has 2 aromatic carbocycles. The number of rotatable bonds is 2. The van der Waals surface area contributed by atoms with Gasteiger partial charge in [0.1, 0.15) is 0 Å². The molecular formula is C24H25NO. The van der Waals surface area contributed by atoms with Gasteiger partial charge in [0.05, 0.1) is 12.0 Å². The van der Waals surface area contributed by atoms with E-state index in [9.17, 15) is 4.79 Å². The van der Waals surface area contributed by atoms with Crippen LogP contribution in [0.2, 0.25) is 0 Å². The number of nitrogens with zero attached hydrogens (tertiary/aromatic N) is 1. The summed E-state index contributed by atoms with van der Waals surface area (Å²) in [5.41, 5.74) is 3.05. The molecule has 0 aromatic heterocycles. The predicted molar refractivity (Wildman–Crippen MR) is 105 cm³/mol. The third-order valence-electron chi connectivity index (χ3n) is 6.67. The molecule has 26 heavy (non-hydrogen) atoms. The summed E-state index contributed by atoms with van der Waals surface area (Å²) in [6.07, 6.45) is 10.8. The first-order valence-corrected chi connectivity index (χ1v) is 9.93. The van der Waals surface area contributed by atoms with Crippen molar-refractivity contribution >= 4 is 11.6 Å². The van der Waals surface area contributed by atoms with Gasteiger partial charge in [0.15, 0.2) is 0 Å². The van der Waals surface area contributed by atoms with Crippen LogP contribution in [0.25, 0.3) is 0 Å². The van der Waals surface area contributed by atoms with Crippen molar-refractivity contribution in [2.45, 2.75) is 44.1 Å². The lowest BCUT2D eigenvalue weighted by Gasteiger charge is -2.40. The number of benzene rings is 2. The van der Waals surface area contributed by atoms with Crippen LogP contribution in [0.4, 0.5) is 5.69 Å². The Morgan fingerprint density at radius 1 is 0.962 bits per heavy atom. The van der Waals surface area contributed by atoms with Crippen LogP contribution in [-0.2, 0) is 16.8 Å². The number of anilines is 1. The van der Waals surface area contributed by atoms with E-state index < -0.39 is 5.41 Å². The molecule has 2 aliphatic carbocycles. The number of para-hydroxylation sites is 1. The van der Waals surface area contributed by atoms with E-state index in [0.717, 1.165) is 12.1 Å².